The van der Waals surface area contributed by atoms with Gasteiger partial charge >= 0.3 is 0 Å². The van der Waals surface area contributed by atoms with E-state index in [0.717, 1.165) is 5.56 Å². The molecule has 1 aliphatic heterocycles. The molecule has 0 spiro atoms. The maximum atomic E-state index is 12.6. The van der Waals surface area contributed by atoms with Crippen LogP contribution in [0.25, 0.3) is 11.2 Å². The lowest BCUT2D eigenvalue weighted by Crippen LogP contribution is -2.54. The van der Waals surface area contributed by atoms with Gasteiger partial charge in [0, 0.05) is 26.7 Å². The lowest BCUT2D eigenvalue weighted by Gasteiger charge is -2.38. The summed E-state index contributed by atoms with van der Waals surface area (Å²) >= 11 is 0. The first kappa shape index (κ1) is 19.7. The largest absolute Gasteiger partial charge is 0.493 e. The highest BCUT2D eigenvalue weighted by atomic mass is 16.5. The van der Waals surface area contributed by atoms with Crippen LogP contribution in [-0.2, 0) is 18.4 Å². The molecule has 158 valence electrons. The number of methoxy groups -OCH3 is 3. The number of hydrogen-bond acceptors (Lipinski definition) is 9. The molecular formula is C19H23N7O4. The van der Waals surface area contributed by atoms with Crippen molar-refractivity contribution in [1.82, 2.24) is 30.3 Å². The van der Waals surface area contributed by atoms with Crippen molar-refractivity contribution in [1.29, 1.82) is 0 Å². The average molecular weight is 413 g/mol. The molecule has 11 heteroatoms. The van der Waals surface area contributed by atoms with Gasteiger partial charge < -0.3 is 24.4 Å². The number of amides is 1. The Balaban J connectivity index is 1.38. The van der Waals surface area contributed by atoms with Crippen LogP contribution in [0, 0.1) is 5.92 Å². The third kappa shape index (κ3) is 3.42. The van der Waals surface area contributed by atoms with E-state index in [1.54, 1.807) is 33.1 Å². The predicted octanol–water partition coefficient (Wildman–Crippen LogP) is 0.537. The van der Waals surface area contributed by atoms with Gasteiger partial charge in [-0.3, -0.25) is 4.79 Å². The van der Waals surface area contributed by atoms with Crippen molar-refractivity contribution in [3.63, 3.8) is 0 Å². The minimum absolute atomic E-state index is 0.0237. The molecule has 3 aromatic rings. The quantitative estimate of drug-likeness (QED) is 0.592. The smallest absolute Gasteiger partial charge is 0.226 e. The van der Waals surface area contributed by atoms with Crippen molar-refractivity contribution < 1.29 is 19.0 Å². The van der Waals surface area contributed by atoms with E-state index >= 15 is 0 Å². The summed E-state index contributed by atoms with van der Waals surface area (Å²) in [4.78, 5) is 23.1. The Hall–Kier alpha value is -3.63. The Morgan fingerprint density at radius 2 is 1.83 bits per heavy atom. The van der Waals surface area contributed by atoms with E-state index in [2.05, 4.69) is 25.6 Å². The van der Waals surface area contributed by atoms with Crippen LogP contribution in [0.4, 0.5) is 5.82 Å². The van der Waals surface area contributed by atoms with E-state index in [-0.39, 0.29) is 11.8 Å². The van der Waals surface area contributed by atoms with Crippen LogP contribution in [0.5, 0.6) is 17.2 Å². The maximum Gasteiger partial charge on any atom is 0.226 e. The summed E-state index contributed by atoms with van der Waals surface area (Å²) in [5, 5.41) is 11.1. The molecule has 1 aromatic carbocycles. The van der Waals surface area contributed by atoms with Gasteiger partial charge in [-0.15, -0.1) is 5.10 Å². The second kappa shape index (κ2) is 8.01. The first-order valence-electron chi connectivity index (χ1n) is 9.37. The van der Waals surface area contributed by atoms with Gasteiger partial charge in [0.1, 0.15) is 6.33 Å². The van der Waals surface area contributed by atoms with Gasteiger partial charge in [0.15, 0.2) is 28.5 Å². The number of benzene rings is 1. The third-order valence-electron chi connectivity index (χ3n) is 5.11. The molecule has 30 heavy (non-hydrogen) atoms. The fraction of sp³-hybridized carbons (Fsp3) is 0.421. The Morgan fingerprint density at radius 1 is 1.13 bits per heavy atom. The first-order chi connectivity index (χ1) is 14.5. The predicted molar refractivity (Wildman–Crippen MR) is 108 cm³/mol. The molecule has 0 saturated carbocycles. The summed E-state index contributed by atoms with van der Waals surface area (Å²) in [6.45, 7) is 1.47. The van der Waals surface area contributed by atoms with Crippen LogP contribution in [0.2, 0.25) is 0 Å². The molecule has 2 aromatic heterocycles. The summed E-state index contributed by atoms with van der Waals surface area (Å²) in [5.74, 6) is 2.16. The van der Waals surface area contributed by atoms with Crippen molar-refractivity contribution in [2.24, 2.45) is 13.0 Å². The first-order valence-corrected chi connectivity index (χ1v) is 9.37. The number of nitrogens with one attached hydrogen (secondary N) is 1. The highest BCUT2D eigenvalue weighted by Crippen LogP contribution is 2.38. The average Bonchev–Trinajstić information content (AvgIpc) is 3.12. The molecule has 1 N–H and O–H groups in total. The van der Waals surface area contributed by atoms with Crippen molar-refractivity contribution in [2.45, 2.75) is 6.54 Å². The second-order valence-electron chi connectivity index (χ2n) is 6.94. The standard InChI is InChI=1S/C19H23N7O4/c1-25-17-15(23-24-25)18(22-10-21-17)26-8-12(9-26)19(27)20-7-11-5-13(28-2)16(30-4)14(6-11)29-3/h5-6,10,12H,7-9H2,1-4H3,(H,20,27). The Morgan fingerprint density at radius 3 is 2.47 bits per heavy atom. The number of rotatable bonds is 7. The molecule has 0 radical (unpaired) electrons. The minimum atomic E-state index is -0.131. The van der Waals surface area contributed by atoms with Crippen LogP contribution in [0.3, 0.4) is 0 Å². The topological polar surface area (TPSA) is 117 Å². The van der Waals surface area contributed by atoms with Crippen LogP contribution in [0.1, 0.15) is 5.56 Å². The minimum Gasteiger partial charge on any atom is -0.493 e. The number of ether oxygens (including phenoxy) is 3. The summed E-state index contributed by atoms with van der Waals surface area (Å²) in [6, 6.07) is 3.64. The molecule has 4 rings (SSSR count). The number of aryl methyl sites for hydroxylation is 1. The molecular weight excluding hydrogens is 390 g/mol. The summed E-state index contributed by atoms with van der Waals surface area (Å²) in [5.41, 5.74) is 2.15. The Bertz CT molecular complexity index is 1050. The number of fused-ring (bicyclic) bond motifs is 1. The summed E-state index contributed by atoms with van der Waals surface area (Å²) < 4.78 is 17.6. The van der Waals surface area contributed by atoms with E-state index in [9.17, 15) is 4.79 Å². The number of hydrogen-bond donors (Lipinski definition) is 1. The zero-order valence-corrected chi connectivity index (χ0v) is 17.2. The Labute approximate surface area is 172 Å². The molecule has 11 nitrogen and oxygen atoms in total. The number of aromatic nitrogens is 5. The monoisotopic (exact) mass is 413 g/mol. The van der Waals surface area contributed by atoms with Gasteiger partial charge in [-0.2, -0.15) is 0 Å². The van der Waals surface area contributed by atoms with E-state index < -0.39 is 0 Å². The van der Waals surface area contributed by atoms with Crippen molar-refractivity contribution in [2.75, 3.05) is 39.3 Å². The van der Waals surface area contributed by atoms with E-state index in [1.807, 2.05) is 17.0 Å². The van der Waals surface area contributed by atoms with Crippen LogP contribution >= 0.6 is 0 Å². The summed E-state index contributed by atoms with van der Waals surface area (Å²) in [7, 11) is 6.45. The number of anilines is 1. The van der Waals surface area contributed by atoms with Gasteiger partial charge in [0.2, 0.25) is 11.7 Å². The maximum absolute atomic E-state index is 12.6. The lowest BCUT2D eigenvalue weighted by atomic mass is 9.99. The molecule has 0 unspecified atom stereocenters. The highest BCUT2D eigenvalue weighted by Gasteiger charge is 2.35. The molecule has 1 saturated heterocycles. The fourth-order valence-corrected chi connectivity index (χ4v) is 3.46. The SMILES string of the molecule is COc1cc(CNC(=O)C2CN(c3ncnc4c3nnn4C)C2)cc(OC)c1OC. The fourth-order valence-electron chi connectivity index (χ4n) is 3.46. The third-order valence-corrected chi connectivity index (χ3v) is 5.11. The van der Waals surface area contributed by atoms with Gasteiger partial charge in [-0.1, -0.05) is 5.21 Å². The molecule has 1 amide bonds. The van der Waals surface area contributed by atoms with Crippen molar-refractivity contribution in [3.8, 4) is 17.2 Å². The molecule has 0 aliphatic carbocycles. The molecule has 0 atom stereocenters. The normalized spacial score (nSPS) is 13.8. The van der Waals surface area contributed by atoms with Crippen molar-refractivity contribution in [3.05, 3.63) is 24.0 Å². The van der Waals surface area contributed by atoms with Crippen LogP contribution in [-0.4, -0.2) is 65.3 Å². The number of carbonyl (C=O) groups excluding carboxylic acids is 1. The van der Waals surface area contributed by atoms with Gasteiger partial charge in [-0.25, -0.2) is 14.6 Å². The summed E-state index contributed by atoms with van der Waals surface area (Å²) in [6.07, 6.45) is 1.48. The molecule has 1 aliphatic rings. The van der Waals surface area contributed by atoms with Gasteiger partial charge in [-0.05, 0) is 17.7 Å². The van der Waals surface area contributed by atoms with E-state index in [4.69, 9.17) is 14.2 Å². The number of carbonyl (C=O) groups is 1. The molecule has 3 heterocycles. The van der Waals surface area contributed by atoms with E-state index in [0.29, 0.717) is 53.9 Å². The number of nitrogens with zero attached hydrogens (tertiary/aromatic N) is 6. The van der Waals surface area contributed by atoms with Crippen LogP contribution < -0.4 is 24.4 Å². The molecule has 1 fully saturated rings. The highest BCUT2D eigenvalue weighted by molar-refractivity contribution is 5.86. The lowest BCUT2D eigenvalue weighted by molar-refractivity contribution is -0.125. The van der Waals surface area contributed by atoms with Crippen LogP contribution in [0.15, 0.2) is 18.5 Å². The van der Waals surface area contributed by atoms with E-state index in [1.165, 1.54) is 6.33 Å². The zero-order chi connectivity index (χ0) is 21.3. The van der Waals surface area contributed by atoms with Crippen molar-refractivity contribution >= 4 is 22.9 Å². The van der Waals surface area contributed by atoms with Gasteiger partial charge in [0.05, 0.1) is 27.2 Å². The second-order valence-corrected chi connectivity index (χ2v) is 6.94. The Kier molecular flexibility index (Phi) is 5.25. The molecule has 0 bridgehead atoms. The van der Waals surface area contributed by atoms with Gasteiger partial charge in [0.25, 0.3) is 0 Å². The zero-order valence-electron chi connectivity index (χ0n) is 17.2.